The van der Waals surface area contributed by atoms with Gasteiger partial charge in [-0.25, -0.2) is 4.98 Å². The molecule has 28 heavy (non-hydrogen) atoms. The summed E-state index contributed by atoms with van der Waals surface area (Å²) in [7, 11) is 1.90. The van der Waals surface area contributed by atoms with Gasteiger partial charge in [0.2, 0.25) is 0 Å². The first-order valence-electron chi connectivity index (χ1n) is 9.97. The van der Waals surface area contributed by atoms with Gasteiger partial charge in [-0.2, -0.15) is 0 Å². The van der Waals surface area contributed by atoms with Crippen LogP contribution in [0, 0.1) is 0 Å². The highest BCUT2D eigenvalue weighted by atomic mass is 32.1. The Hall–Kier alpha value is -1.99. The van der Waals surface area contributed by atoms with Crippen molar-refractivity contribution < 1.29 is 14.5 Å². The maximum absolute atomic E-state index is 12.6. The lowest BCUT2D eigenvalue weighted by Gasteiger charge is -2.31. The van der Waals surface area contributed by atoms with Gasteiger partial charge in [0.05, 0.1) is 22.3 Å². The van der Waals surface area contributed by atoms with Gasteiger partial charge < -0.3 is 15.1 Å². The first kappa shape index (κ1) is 20.7. The molecule has 1 saturated heterocycles. The summed E-state index contributed by atoms with van der Waals surface area (Å²) in [5, 5.41) is 4.14. The van der Waals surface area contributed by atoms with Crippen LogP contribution in [0.5, 0.6) is 0 Å². The number of carbonyl (C=O) groups excluding carboxylic acids is 2. The van der Waals surface area contributed by atoms with Crippen molar-refractivity contribution in [1.29, 1.82) is 0 Å². The normalized spacial score (nSPS) is 16.9. The van der Waals surface area contributed by atoms with E-state index in [9.17, 15) is 9.59 Å². The van der Waals surface area contributed by atoms with Crippen molar-refractivity contribution in [1.82, 2.24) is 15.2 Å². The molecule has 1 fully saturated rings. The molecule has 2 N–H and O–H groups in total. The van der Waals surface area contributed by atoms with Crippen molar-refractivity contribution in [2.75, 3.05) is 33.2 Å². The molecule has 2 amide bonds. The van der Waals surface area contributed by atoms with Crippen LogP contribution in [0.15, 0.2) is 24.3 Å². The Morgan fingerprint density at radius 1 is 1.21 bits per heavy atom. The lowest BCUT2D eigenvalue weighted by Crippen LogP contribution is -3.11. The van der Waals surface area contributed by atoms with E-state index in [0.29, 0.717) is 19.0 Å². The van der Waals surface area contributed by atoms with Crippen LogP contribution in [0.2, 0.25) is 0 Å². The molecule has 0 radical (unpaired) electrons. The molecule has 2 aromatic rings. The monoisotopic (exact) mass is 403 g/mol. The number of benzene rings is 1. The standard InChI is InChI=1S/C21H30N4O2S/c1-21(2,3)23-18(26)13-24(4)14-19(27)25-11-9-15(10-12-25)20-22-16-7-5-6-8-17(16)28-20/h5-8,15H,9-14H2,1-4H3,(H,23,26)/p+1. The van der Waals surface area contributed by atoms with E-state index in [0.717, 1.165) is 36.3 Å². The highest BCUT2D eigenvalue weighted by Crippen LogP contribution is 2.33. The molecule has 1 unspecified atom stereocenters. The SMILES string of the molecule is C[NH+](CC(=O)NC(C)(C)C)CC(=O)N1CCC(c2nc3ccccc3s2)CC1. The largest absolute Gasteiger partial charge is 0.347 e. The summed E-state index contributed by atoms with van der Waals surface area (Å²) in [6.07, 6.45) is 1.91. The van der Waals surface area contributed by atoms with Gasteiger partial charge in [-0.3, -0.25) is 9.59 Å². The average molecular weight is 404 g/mol. The van der Waals surface area contributed by atoms with Crippen LogP contribution in [0.25, 0.3) is 10.2 Å². The minimum absolute atomic E-state index is 0.0210. The molecular formula is C21H31N4O2S+. The topological polar surface area (TPSA) is 66.7 Å². The average Bonchev–Trinajstić information content (AvgIpc) is 3.04. The number of fused-ring (bicyclic) bond motifs is 1. The minimum atomic E-state index is -0.246. The Morgan fingerprint density at radius 3 is 2.54 bits per heavy atom. The second kappa shape index (κ2) is 8.57. The predicted molar refractivity (Wildman–Crippen MR) is 113 cm³/mol. The number of hydrogen-bond donors (Lipinski definition) is 2. The third kappa shape index (κ3) is 5.52. The minimum Gasteiger partial charge on any atom is -0.347 e. The van der Waals surface area contributed by atoms with E-state index in [1.54, 1.807) is 11.3 Å². The fourth-order valence-corrected chi connectivity index (χ4v) is 4.75. The van der Waals surface area contributed by atoms with Gasteiger partial charge in [0, 0.05) is 24.5 Å². The fraction of sp³-hybridized carbons (Fsp3) is 0.571. The van der Waals surface area contributed by atoms with E-state index < -0.39 is 0 Å². The quantitative estimate of drug-likeness (QED) is 0.794. The summed E-state index contributed by atoms with van der Waals surface area (Å²) in [5.41, 5.74) is 0.823. The van der Waals surface area contributed by atoms with Crippen molar-refractivity contribution in [2.24, 2.45) is 0 Å². The van der Waals surface area contributed by atoms with Crippen molar-refractivity contribution >= 4 is 33.4 Å². The Morgan fingerprint density at radius 2 is 1.89 bits per heavy atom. The van der Waals surface area contributed by atoms with E-state index in [4.69, 9.17) is 4.98 Å². The molecule has 0 saturated carbocycles. The maximum Gasteiger partial charge on any atom is 0.277 e. The number of piperidine rings is 1. The van der Waals surface area contributed by atoms with Crippen LogP contribution < -0.4 is 10.2 Å². The van der Waals surface area contributed by atoms with Crippen LogP contribution in [0.3, 0.4) is 0 Å². The fourth-order valence-electron chi connectivity index (χ4n) is 3.61. The van der Waals surface area contributed by atoms with Gasteiger partial charge in [0.25, 0.3) is 11.8 Å². The van der Waals surface area contributed by atoms with E-state index in [-0.39, 0.29) is 17.4 Å². The Kier molecular flexibility index (Phi) is 6.35. The lowest BCUT2D eigenvalue weighted by molar-refractivity contribution is -0.863. The third-order valence-electron chi connectivity index (χ3n) is 4.94. The number of rotatable bonds is 5. The zero-order valence-electron chi connectivity index (χ0n) is 17.2. The lowest BCUT2D eigenvalue weighted by atomic mass is 9.97. The number of amides is 2. The highest BCUT2D eigenvalue weighted by Gasteiger charge is 2.28. The number of carbonyl (C=O) groups is 2. The Bertz CT molecular complexity index is 801. The van der Waals surface area contributed by atoms with Crippen LogP contribution in [0.1, 0.15) is 44.5 Å². The number of para-hydroxylation sites is 1. The predicted octanol–water partition coefficient (Wildman–Crippen LogP) is 1.43. The van der Waals surface area contributed by atoms with Gasteiger partial charge in [-0.1, -0.05) is 12.1 Å². The molecule has 1 aromatic carbocycles. The summed E-state index contributed by atoms with van der Waals surface area (Å²) in [6.45, 7) is 8.07. The molecule has 0 aliphatic carbocycles. The van der Waals surface area contributed by atoms with Crippen molar-refractivity contribution in [2.45, 2.75) is 45.1 Å². The summed E-state index contributed by atoms with van der Waals surface area (Å²) in [5.74, 6) is 0.542. The first-order valence-corrected chi connectivity index (χ1v) is 10.8. The Balaban J connectivity index is 1.47. The summed E-state index contributed by atoms with van der Waals surface area (Å²) < 4.78 is 1.23. The molecule has 0 bridgehead atoms. The van der Waals surface area contributed by atoms with Crippen LogP contribution in [-0.4, -0.2) is 60.5 Å². The maximum atomic E-state index is 12.6. The summed E-state index contributed by atoms with van der Waals surface area (Å²) in [4.78, 5) is 32.3. The molecule has 0 spiro atoms. The summed E-state index contributed by atoms with van der Waals surface area (Å²) in [6, 6.07) is 8.24. The van der Waals surface area contributed by atoms with Gasteiger partial charge in [0.1, 0.15) is 0 Å². The number of quaternary nitrogens is 1. The number of aromatic nitrogens is 1. The van der Waals surface area contributed by atoms with Crippen LogP contribution in [-0.2, 0) is 9.59 Å². The van der Waals surface area contributed by atoms with E-state index in [2.05, 4.69) is 17.4 Å². The second-order valence-electron chi connectivity index (χ2n) is 8.78. The Labute approximate surface area is 170 Å². The zero-order chi connectivity index (χ0) is 20.3. The molecule has 1 aromatic heterocycles. The van der Waals surface area contributed by atoms with E-state index >= 15 is 0 Å². The molecule has 152 valence electrons. The zero-order valence-corrected chi connectivity index (χ0v) is 18.1. The number of hydrogen-bond acceptors (Lipinski definition) is 4. The van der Waals surface area contributed by atoms with E-state index in [1.165, 1.54) is 9.71 Å². The van der Waals surface area contributed by atoms with Crippen LogP contribution >= 0.6 is 11.3 Å². The third-order valence-corrected chi connectivity index (χ3v) is 6.14. The smallest absolute Gasteiger partial charge is 0.277 e. The molecule has 3 rings (SSSR count). The number of nitrogens with zero attached hydrogens (tertiary/aromatic N) is 2. The van der Waals surface area contributed by atoms with Crippen molar-refractivity contribution in [3.05, 3.63) is 29.3 Å². The molecule has 2 heterocycles. The highest BCUT2D eigenvalue weighted by molar-refractivity contribution is 7.18. The van der Waals surface area contributed by atoms with Crippen molar-refractivity contribution in [3.63, 3.8) is 0 Å². The van der Waals surface area contributed by atoms with Crippen LogP contribution in [0.4, 0.5) is 0 Å². The molecule has 1 aliphatic heterocycles. The van der Waals surface area contributed by atoms with Gasteiger partial charge >= 0.3 is 0 Å². The molecule has 1 aliphatic rings. The first-order chi connectivity index (χ1) is 13.2. The second-order valence-corrected chi connectivity index (χ2v) is 9.85. The van der Waals surface area contributed by atoms with Gasteiger partial charge in [-0.15, -0.1) is 11.3 Å². The van der Waals surface area contributed by atoms with Gasteiger partial charge in [0.15, 0.2) is 13.1 Å². The van der Waals surface area contributed by atoms with E-state index in [1.807, 2.05) is 44.9 Å². The summed E-state index contributed by atoms with van der Waals surface area (Å²) >= 11 is 1.77. The molecule has 7 heteroatoms. The number of likely N-dealkylation sites (tertiary alicyclic amines) is 1. The number of nitrogens with one attached hydrogen (secondary N) is 2. The van der Waals surface area contributed by atoms with Crippen molar-refractivity contribution in [3.8, 4) is 0 Å². The van der Waals surface area contributed by atoms with Gasteiger partial charge in [-0.05, 0) is 45.7 Å². The molecule has 1 atom stereocenters. The number of likely N-dealkylation sites (N-methyl/N-ethyl adjacent to an activating group) is 1. The molecule has 6 nitrogen and oxygen atoms in total. The molecular weight excluding hydrogens is 372 g/mol. The number of thiazole rings is 1.